The van der Waals surface area contributed by atoms with Gasteiger partial charge in [-0.05, 0) is 49.2 Å². The van der Waals surface area contributed by atoms with Gasteiger partial charge in [0.1, 0.15) is 35.7 Å². The fourth-order valence-electron chi connectivity index (χ4n) is 5.18. The van der Waals surface area contributed by atoms with Gasteiger partial charge in [-0.2, -0.15) is 0 Å². The molecule has 1 fully saturated rings. The minimum Gasteiger partial charge on any atom is -0.508 e. The molecule has 7 atom stereocenters. The van der Waals surface area contributed by atoms with Crippen LogP contribution < -0.4 is 31.9 Å². The third-order valence-electron chi connectivity index (χ3n) is 8.43. The van der Waals surface area contributed by atoms with Gasteiger partial charge in [-0.15, -0.1) is 0 Å². The number of carbonyl (C=O) groups is 8. The number of carboxylic acids is 1. The second kappa shape index (κ2) is 21.7. The second-order valence-corrected chi connectivity index (χ2v) is 15.7. The van der Waals surface area contributed by atoms with Crippen molar-refractivity contribution in [1.29, 1.82) is 0 Å². The number of ketones is 1. The maximum absolute atomic E-state index is 14.0. The van der Waals surface area contributed by atoms with Crippen LogP contribution in [0.25, 0.3) is 0 Å². The number of aliphatic hydroxyl groups excluding tert-OH is 1. The van der Waals surface area contributed by atoms with Gasteiger partial charge >= 0.3 is 5.97 Å². The first-order chi connectivity index (χ1) is 26.4. The highest BCUT2D eigenvalue weighted by Gasteiger charge is 2.33. The lowest BCUT2D eigenvalue weighted by Crippen LogP contribution is -2.59. The fourth-order valence-corrected chi connectivity index (χ4v) is 7.78. The minimum atomic E-state index is -1.63. The zero-order valence-electron chi connectivity index (χ0n) is 30.8. The molecule has 0 aromatic heterocycles. The fraction of sp³-hybridized carbons (Fsp3) is 0.444. The highest BCUT2D eigenvalue weighted by Crippen LogP contribution is 2.25. The van der Waals surface area contributed by atoms with Crippen molar-refractivity contribution in [3.63, 3.8) is 0 Å². The number of carboxylic acid groups (broad SMARTS) is 1. The number of aliphatic carboxylic acids is 1. The zero-order valence-corrected chi connectivity index (χ0v) is 32.4. The quantitative estimate of drug-likeness (QED) is 0.142. The van der Waals surface area contributed by atoms with E-state index in [4.69, 9.17) is 0 Å². The van der Waals surface area contributed by atoms with E-state index >= 15 is 0 Å². The van der Waals surface area contributed by atoms with Crippen molar-refractivity contribution in [3.05, 3.63) is 59.7 Å². The van der Waals surface area contributed by atoms with Crippen LogP contribution in [0, 0.1) is 5.92 Å². The molecule has 304 valence electrons. The molecule has 1 aliphatic heterocycles. The summed E-state index contributed by atoms with van der Waals surface area (Å²) in [4.78, 5) is 105. The summed E-state index contributed by atoms with van der Waals surface area (Å²) in [5.74, 6) is -7.90. The highest BCUT2D eigenvalue weighted by atomic mass is 33.1. The number of benzene rings is 2. The number of amides is 6. The molecule has 3 rings (SSSR count). The van der Waals surface area contributed by atoms with E-state index in [2.05, 4.69) is 31.9 Å². The standard InChI is InChI=1S/C36H46N6O12S2/c1-18-16-55-56-17-28(19(2)43)41-36(54)31(20(3)44)42-29(47)15-37-33(51)25(12-21-4-8-23(45)9-5-21)39-34(52)26(13-22-6-10-24(46)11-7-22)40-35(53)27(14-30(48)49)38-32(18)50/h4-11,18,20,25-28,31,44-46H,12-17H2,1-3H3,(H,37,51)(H,38,50)(H,39,52)(H,40,53)(H,41,54)(H,42,47)(H,48,49)/t18-,20?,25-,26-,27-,28-,31-/m0/s1. The Morgan fingerprint density at radius 2 is 1.18 bits per heavy atom. The van der Waals surface area contributed by atoms with E-state index in [-0.39, 0.29) is 35.8 Å². The second-order valence-electron chi connectivity index (χ2n) is 13.2. The Bertz CT molecular complexity index is 1740. The number of phenols is 2. The molecule has 2 aromatic carbocycles. The molecule has 0 aliphatic carbocycles. The number of aliphatic hydroxyl groups is 1. The molecule has 1 aliphatic rings. The molecule has 18 nitrogen and oxygen atoms in total. The van der Waals surface area contributed by atoms with Gasteiger partial charge in [0.05, 0.1) is 25.1 Å². The monoisotopic (exact) mass is 818 g/mol. The average Bonchev–Trinajstić information content (AvgIpc) is 3.13. The molecular weight excluding hydrogens is 773 g/mol. The van der Waals surface area contributed by atoms with Gasteiger partial charge in [0.15, 0.2) is 5.78 Å². The van der Waals surface area contributed by atoms with E-state index in [1.54, 1.807) is 0 Å². The number of Topliss-reactive ketones (excluding diaryl/α,β-unsaturated/α-hetero) is 1. The smallest absolute Gasteiger partial charge is 0.305 e. The maximum atomic E-state index is 14.0. The summed E-state index contributed by atoms with van der Waals surface area (Å²) in [6, 6.07) is 4.21. The van der Waals surface area contributed by atoms with E-state index in [1.165, 1.54) is 80.1 Å². The Balaban J connectivity index is 2.02. The summed E-state index contributed by atoms with van der Waals surface area (Å²) in [6.45, 7) is 3.29. The molecule has 10 N–H and O–H groups in total. The predicted molar refractivity (Wildman–Crippen MR) is 205 cm³/mol. The van der Waals surface area contributed by atoms with Crippen LogP contribution in [0.15, 0.2) is 48.5 Å². The molecular formula is C36H46N6O12S2. The van der Waals surface area contributed by atoms with Crippen LogP contribution in [0.5, 0.6) is 11.5 Å². The third kappa shape index (κ3) is 14.7. The number of nitrogens with one attached hydrogen (secondary N) is 6. The average molecular weight is 819 g/mol. The molecule has 0 radical (unpaired) electrons. The van der Waals surface area contributed by atoms with Gasteiger partial charge in [0.25, 0.3) is 0 Å². The van der Waals surface area contributed by atoms with Crippen LogP contribution in [-0.4, -0.2) is 122 Å². The zero-order chi connectivity index (χ0) is 41.5. The van der Waals surface area contributed by atoms with Gasteiger partial charge in [-0.3, -0.25) is 38.4 Å². The topological polar surface area (TPSA) is 290 Å². The van der Waals surface area contributed by atoms with E-state index in [0.29, 0.717) is 11.1 Å². The first-order valence-electron chi connectivity index (χ1n) is 17.4. The Labute approximate surface area is 330 Å². The molecule has 1 heterocycles. The summed E-state index contributed by atoms with van der Waals surface area (Å²) in [5, 5.41) is 54.2. The SMILES string of the molecule is CC(=O)[C@@H]1CSSC[C@H](C)C(=O)N[C@@H](CC(=O)O)C(=O)N[C@@H](Cc2ccc(O)cc2)C(=O)N[C@@H](Cc2ccc(O)cc2)C(=O)NCC(=O)N[C@@H](C(C)O)C(=O)N1. The van der Waals surface area contributed by atoms with Crippen LogP contribution in [0.4, 0.5) is 0 Å². The highest BCUT2D eigenvalue weighted by molar-refractivity contribution is 8.76. The predicted octanol–water partition coefficient (Wildman–Crippen LogP) is -1.10. The third-order valence-corrected chi connectivity index (χ3v) is 11.0. The summed E-state index contributed by atoms with van der Waals surface area (Å²) in [5.41, 5.74) is 0.909. The van der Waals surface area contributed by atoms with Gasteiger partial charge in [0.2, 0.25) is 35.4 Å². The molecule has 0 spiro atoms. The Kier molecular flexibility index (Phi) is 17.4. The van der Waals surface area contributed by atoms with E-state index in [1.807, 2.05) is 0 Å². The van der Waals surface area contributed by atoms with Gasteiger partial charge in [-0.1, -0.05) is 52.8 Å². The van der Waals surface area contributed by atoms with Crippen molar-refractivity contribution in [2.75, 3.05) is 18.1 Å². The van der Waals surface area contributed by atoms with Crippen molar-refractivity contribution < 1.29 is 58.8 Å². The number of hydrogen-bond acceptors (Lipinski definition) is 13. The first-order valence-corrected chi connectivity index (χ1v) is 19.9. The number of rotatable bonds is 8. The molecule has 2 aromatic rings. The molecule has 0 bridgehead atoms. The van der Waals surface area contributed by atoms with Crippen LogP contribution in [0.2, 0.25) is 0 Å². The lowest BCUT2D eigenvalue weighted by molar-refractivity contribution is -0.141. The van der Waals surface area contributed by atoms with Crippen molar-refractivity contribution >= 4 is 68.8 Å². The number of carbonyl (C=O) groups excluding carboxylic acids is 7. The summed E-state index contributed by atoms with van der Waals surface area (Å²) >= 11 is 0. The van der Waals surface area contributed by atoms with Crippen molar-refractivity contribution in [1.82, 2.24) is 31.9 Å². The Morgan fingerprint density at radius 3 is 1.68 bits per heavy atom. The van der Waals surface area contributed by atoms with Crippen LogP contribution >= 0.6 is 21.6 Å². The Morgan fingerprint density at radius 1 is 0.696 bits per heavy atom. The number of aromatic hydroxyl groups is 2. The van der Waals surface area contributed by atoms with Crippen LogP contribution in [-0.2, 0) is 51.2 Å². The summed E-state index contributed by atoms with van der Waals surface area (Å²) in [7, 11) is 2.30. The van der Waals surface area contributed by atoms with Crippen LogP contribution in [0.3, 0.4) is 0 Å². The summed E-state index contributed by atoms with van der Waals surface area (Å²) < 4.78 is 0. The maximum Gasteiger partial charge on any atom is 0.305 e. The molecule has 6 amide bonds. The molecule has 20 heteroatoms. The first kappa shape index (κ1) is 45.1. The van der Waals surface area contributed by atoms with Crippen molar-refractivity contribution in [3.8, 4) is 11.5 Å². The lowest BCUT2D eigenvalue weighted by atomic mass is 10.0. The van der Waals surface area contributed by atoms with Crippen molar-refractivity contribution in [2.24, 2.45) is 5.92 Å². The van der Waals surface area contributed by atoms with Gasteiger partial charge in [0, 0.05) is 30.3 Å². The molecule has 0 saturated carbocycles. The van der Waals surface area contributed by atoms with Gasteiger partial charge < -0.3 is 52.3 Å². The van der Waals surface area contributed by atoms with E-state index < -0.39 is 102 Å². The summed E-state index contributed by atoms with van der Waals surface area (Å²) in [6.07, 6.45) is -2.67. The lowest BCUT2D eigenvalue weighted by Gasteiger charge is -2.26. The minimum absolute atomic E-state index is 0.0343. The Hall–Kier alpha value is -5.34. The molecule has 1 saturated heterocycles. The van der Waals surface area contributed by atoms with E-state index in [9.17, 15) is 58.8 Å². The van der Waals surface area contributed by atoms with Gasteiger partial charge in [-0.25, -0.2) is 0 Å². The largest absolute Gasteiger partial charge is 0.508 e. The van der Waals surface area contributed by atoms with Crippen molar-refractivity contribution in [2.45, 2.75) is 76.3 Å². The van der Waals surface area contributed by atoms with Crippen LogP contribution in [0.1, 0.15) is 38.3 Å². The normalized spacial score (nSPS) is 24.6. The number of hydrogen-bond donors (Lipinski definition) is 10. The number of phenolic OH excluding ortho intramolecular Hbond substituents is 2. The van der Waals surface area contributed by atoms with E-state index in [0.717, 1.165) is 10.8 Å². The molecule has 56 heavy (non-hydrogen) atoms. The molecule has 1 unspecified atom stereocenters.